The molecule has 0 aliphatic carbocycles. The van der Waals surface area contributed by atoms with Crippen molar-refractivity contribution in [2.45, 2.75) is 141 Å². The predicted octanol–water partition coefficient (Wildman–Crippen LogP) is 7.68. The Morgan fingerprint density at radius 1 is 0.474 bits per heavy atom. The third kappa shape index (κ3) is 22.4. The first-order valence-electron chi connectivity index (χ1n) is 19.5. The molecule has 0 amide bonds. The van der Waals surface area contributed by atoms with Gasteiger partial charge in [0.2, 0.25) is 0 Å². The van der Waals surface area contributed by atoms with Crippen molar-refractivity contribution >= 4 is 81.9 Å². The summed E-state index contributed by atoms with van der Waals surface area (Å²) in [4.78, 5) is 49.3. The van der Waals surface area contributed by atoms with Crippen LogP contribution in [0.3, 0.4) is 0 Å². The number of benzene rings is 2. The smallest absolute Gasteiger partial charge is 0.745 e. The van der Waals surface area contributed by atoms with Crippen molar-refractivity contribution < 1.29 is 64.1 Å². The first kappa shape index (κ1) is 54.4. The van der Waals surface area contributed by atoms with Gasteiger partial charge in [-0.15, -0.1) is 0 Å². The van der Waals surface area contributed by atoms with Crippen molar-refractivity contribution in [3.63, 3.8) is 0 Å². The van der Waals surface area contributed by atoms with Gasteiger partial charge in [0.15, 0.2) is 10.9 Å². The van der Waals surface area contributed by atoms with E-state index in [1.54, 1.807) is 26.0 Å². The van der Waals surface area contributed by atoms with Crippen molar-refractivity contribution in [3.05, 3.63) is 70.8 Å². The number of unbranched alkanes of at least 4 members (excludes halogenated alkanes) is 10. The van der Waals surface area contributed by atoms with Crippen LogP contribution in [0.2, 0.25) is 0 Å². The van der Waals surface area contributed by atoms with E-state index in [-0.39, 0.29) is 86.0 Å². The van der Waals surface area contributed by atoms with Crippen molar-refractivity contribution in [2.24, 2.45) is 0 Å². The first-order chi connectivity index (χ1) is 26.6. The Hall–Kier alpha value is -2.60. The Morgan fingerprint density at radius 2 is 0.754 bits per heavy atom. The van der Waals surface area contributed by atoms with E-state index >= 15 is 0 Å². The quantitative estimate of drug-likeness (QED) is 0.0291. The molecule has 0 bridgehead atoms. The molecule has 57 heavy (non-hydrogen) atoms. The number of esters is 4. The number of carbonyl (C=O) groups excluding carboxylic acids is 4. The van der Waals surface area contributed by atoms with Gasteiger partial charge in [0.1, 0.15) is 20.2 Å². The average molecular weight is 867 g/mol. The van der Waals surface area contributed by atoms with Crippen LogP contribution >= 0.6 is 0 Å². The molecule has 0 aliphatic heterocycles. The number of hydrogen-bond donors (Lipinski definition) is 0. The third-order valence-electron chi connectivity index (χ3n) is 8.37. The molecular formula is C40H58CaO14S2. The Balaban J connectivity index is 0.00000108. The maximum absolute atomic E-state index is 12.3. The Morgan fingerprint density at radius 3 is 1.04 bits per heavy atom. The molecule has 17 heteroatoms. The van der Waals surface area contributed by atoms with E-state index < -0.39 is 55.0 Å². The van der Waals surface area contributed by atoms with Crippen molar-refractivity contribution in [3.8, 4) is 0 Å². The molecule has 0 fully saturated rings. The number of carbonyl (C=O) groups is 4. The molecule has 0 heterocycles. The fourth-order valence-corrected chi connectivity index (χ4v) is 6.75. The first-order valence-corrected chi connectivity index (χ1v) is 22.4. The molecule has 2 aromatic carbocycles. The van der Waals surface area contributed by atoms with E-state index in [2.05, 4.69) is 13.8 Å². The molecule has 0 spiro atoms. The molecule has 0 N–H and O–H groups in total. The normalized spacial score (nSPS) is 12.2. The van der Waals surface area contributed by atoms with Gasteiger partial charge in [-0.2, -0.15) is 0 Å². The summed E-state index contributed by atoms with van der Waals surface area (Å²) in [5, 5.41) is 0. The standard InChI is InChI=1S/2C20H30O7S.Ca/c2*1-3-5-6-7-8-11-15-26-19(21)16-13-9-10-14-17(16)20(22)27-18(12-4-2)28(23,24)25;/h2*9-10,13-14,18H,3-8,11-12,15H2,1-2H3,(H,23,24,25);/q;;+2/p-2. The molecule has 0 radical (unpaired) electrons. The molecule has 2 unspecified atom stereocenters. The Bertz CT molecular complexity index is 1590. The molecule has 316 valence electrons. The second-order valence-corrected chi connectivity index (χ2v) is 16.2. The summed E-state index contributed by atoms with van der Waals surface area (Å²) in [6.45, 7) is 8.09. The summed E-state index contributed by atoms with van der Waals surface area (Å²) in [5.74, 6) is -3.44. The van der Waals surface area contributed by atoms with Crippen molar-refractivity contribution in [1.82, 2.24) is 0 Å². The van der Waals surface area contributed by atoms with Crippen LogP contribution in [0.15, 0.2) is 48.5 Å². The molecule has 14 nitrogen and oxygen atoms in total. The summed E-state index contributed by atoms with van der Waals surface area (Å²) in [6.07, 6.45) is 13.0. The zero-order chi connectivity index (χ0) is 42.0. The van der Waals surface area contributed by atoms with Gasteiger partial charge in [0, 0.05) is 0 Å². The maximum Gasteiger partial charge on any atom is 2.00 e. The van der Waals surface area contributed by atoms with Crippen LogP contribution in [0.5, 0.6) is 0 Å². The summed E-state index contributed by atoms with van der Waals surface area (Å²) in [7, 11) is -9.60. The second kappa shape index (κ2) is 30.4. The van der Waals surface area contributed by atoms with E-state index in [4.69, 9.17) is 18.9 Å². The topological polar surface area (TPSA) is 220 Å². The van der Waals surface area contributed by atoms with Crippen molar-refractivity contribution in [2.75, 3.05) is 13.2 Å². The van der Waals surface area contributed by atoms with E-state index in [0.717, 1.165) is 64.2 Å². The molecule has 2 atom stereocenters. The number of ether oxygens (including phenoxy) is 4. The molecule has 0 saturated carbocycles. The largest absolute Gasteiger partial charge is 2.00 e. The summed E-state index contributed by atoms with van der Waals surface area (Å²) in [5.41, 5.74) is -3.84. The Kier molecular flexibility index (Phi) is 29.1. The molecule has 2 aromatic rings. The third-order valence-corrected chi connectivity index (χ3v) is 10.3. The van der Waals surface area contributed by atoms with E-state index in [1.807, 2.05) is 0 Å². The second-order valence-electron chi connectivity index (χ2n) is 13.1. The Labute approximate surface area is 368 Å². The zero-order valence-electron chi connectivity index (χ0n) is 33.7. The summed E-state index contributed by atoms with van der Waals surface area (Å²) < 4.78 is 87.7. The van der Waals surface area contributed by atoms with Crippen LogP contribution in [0.1, 0.15) is 172 Å². The van der Waals surface area contributed by atoms with Gasteiger partial charge < -0.3 is 28.1 Å². The molecule has 0 saturated heterocycles. The van der Waals surface area contributed by atoms with Gasteiger partial charge in [-0.25, -0.2) is 36.0 Å². The number of hydrogen-bond acceptors (Lipinski definition) is 14. The van der Waals surface area contributed by atoms with Gasteiger partial charge in [-0.1, -0.05) is 129 Å². The zero-order valence-corrected chi connectivity index (χ0v) is 37.6. The van der Waals surface area contributed by atoms with E-state index in [9.17, 15) is 45.1 Å². The minimum Gasteiger partial charge on any atom is -0.745 e. The van der Waals surface area contributed by atoms with Crippen LogP contribution in [-0.2, 0) is 39.2 Å². The van der Waals surface area contributed by atoms with Crippen LogP contribution in [0.25, 0.3) is 0 Å². The summed E-state index contributed by atoms with van der Waals surface area (Å²) >= 11 is 0. The molecule has 2 rings (SSSR count). The fraction of sp³-hybridized carbons (Fsp3) is 0.600. The monoisotopic (exact) mass is 866 g/mol. The van der Waals surface area contributed by atoms with Crippen LogP contribution in [-0.4, -0.2) is 112 Å². The van der Waals surface area contributed by atoms with E-state index in [1.165, 1.54) is 49.2 Å². The van der Waals surface area contributed by atoms with Gasteiger partial charge in [0.05, 0.1) is 35.5 Å². The molecular weight excluding hydrogens is 809 g/mol. The molecule has 0 aromatic heterocycles. The van der Waals surface area contributed by atoms with Crippen LogP contribution in [0, 0.1) is 0 Å². The predicted molar refractivity (Wildman–Crippen MR) is 214 cm³/mol. The summed E-state index contributed by atoms with van der Waals surface area (Å²) in [6, 6.07) is 11.6. The number of rotatable bonds is 26. The van der Waals surface area contributed by atoms with Gasteiger partial charge in [-0.05, 0) is 49.9 Å². The fourth-order valence-electron chi connectivity index (χ4n) is 5.29. The van der Waals surface area contributed by atoms with Crippen LogP contribution in [0.4, 0.5) is 0 Å². The maximum atomic E-state index is 12.3. The minimum atomic E-state index is -4.80. The average Bonchev–Trinajstić information content (AvgIpc) is 3.16. The SMILES string of the molecule is CCCCCCCCOC(=O)c1ccccc1C(=O)OC(CCC)S(=O)(=O)[O-].CCCCCCCCOC(=O)c1ccccc1C(=O)OC(CCC)S(=O)(=O)[O-].[Ca+2]. The van der Waals surface area contributed by atoms with Crippen LogP contribution < -0.4 is 0 Å². The minimum absolute atomic E-state index is 0. The van der Waals surface area contributed by atoms with E-state index in [0.29, 0.717) is 12.8 Å². The van der Waals surface area contributed by atoms with Gasteiger partial charge in [0.25, 0.3) is 0 Å². The van der Waals surface area contributed by atoms with Gasteiger partial charge in [-0.3, -0.25) is 0 Å². The van der Waals surface area contributed by atoms with Crippen molar-refractivity contribution in [1.29, 1.82) is 0 Å². The van der Waals surface area contributed by atoms with Gasteiger partial charge >= 0.3 is 61.6 Å². The molecule has 0 aliphatic rings.